The highest BCUT2D eigenvalue weighted by Crippen LogP contribution is 2.28. The summed E-state index contributed by atoms with van der Waals surface area (Å²) in [6.07, 6.45) is 6.91. The van der Waals surface area contributed by atoms with Crippen LogP contribution in [0.2, 0.25) is 0 Å². The Balaban J connectivity index is 2.81. The molecular formula is C14H19NO2. The van der Waals surface area contributed by atoms with E-state index in [1.807, 2.05) is 25.2 Å². The van der Waals surface area contributed by atoms with Crippen LogP contribution < -0.4 is 14.8 Å². The van der Waals surface area contributed by atoms with Gasteiger partial charge in [0.2, 0.25) is 0 Å². The van der Waals surface area contributed by atoms with Gasteiger partial charge in [0, 0.05) is 12.5 Å². The maximum absolute atomic E-state index is 5.33. The Morgan fingerprint density at radius 1 is 1.29 bits per heavy atom. The van der Waals surface area contributed by atoms with E-state index in [9.17, 15) is 0 Å². The first-order valence-corrected chi connectivity index (χ1v) is 5.56. The molecule has 1 aromatic rings. The summed E-state index contributed by atoms with van der Waals surface area (Å²) in [6, 6.07) is 6.22. The predicted octanol–water partition coefficient (Wildman–Crippen LogP) is 1.86. The highest BCUT2D eigenvalue weighted by atomic mass is 16.5. The van der Waals surface area contributed by atoms with Gasteiger partial charge in [0.15, 0.2) is 11.5 Å². The summed E-state index contributed by atoms with van der Waals surface area (Å²) in [5.41, 5.74) is 1.18. The lowest BCUT2D eigenvalue weighted by atomic mass is 10.0. The van der Waals surface area contributed by atoms with Crippen molar-refractivity contribution >= 4 is 0 Å². The number of hydrogen-bond donors (Lipinski definition) is 1. The number of ether oxygens (including phenoxy) is 2. The Hall–Kier alpha value is -1.66. The first-order chi connectivity index (χ1) is 8.24. The minimum absolute atomic E-state index is 0.290. The molecule has 1 N–H and O–H groups in total. The fourth-order valence-corrected chi connectivity index (χ4v) is 1.71. The summed E-state index contributed by atoms with van der Waals surface area (Å²) >= 11 is 0. The third kappa shape index (κ3) is 3.69. The van der Waals surface area contributed by atoms with E-state index in [0.29, 0.717) is 6.42 Å². The summed E-state index contributed by atoms with van der Waals surface area (Å²) in [5.74, 6) is 4.17. The molecular weight excluding hydrogens is 214 g/mol. The van der Waals surface area contributed by atoms with Gasteiger partial charge in [0.25, 0.3) is 0 Å². The molecule has 0 radical (unpaired) electrons. The van der Waals surface area contributed by atoms with Crippen LogP contribution in [0, 0.1) is 12.3 Å². The van der Waals surface area contributed by atoms with Crippen molar-refractivity contribution in [3.05, 3.63) is 23.8 Å². The van der Waals surface area contributed by atoms with Crippen molar-refractivity contribution in [1.29, 1.82) is 0 Å². The van der Waals surface area contributed by atoms with Crippen LogP contribution in [0.5, 0.6) is 11.5 Å². The van der Waals surface area contributed by atoms with Crippen LogP contribution in [-0.2, 0) is 6.42 Å². The van der Waals surface area contributed by atoms with E-state index in [1.54, 1.807) is 14.2 Å². The van der Waals surface area contributed by atoms with Crippen molar-refractivity contribution in [3.8, 4) is 23.8 Å². The number of hydrogen-bond acceptors (Lipinski definition) is 3. The first-order valence-electron chi connectivity index (χ1n) is 5.56. The number of benzene rings is 1. The van der Waals surface area contributed by atoms with Crippen LogP contribution in [0.15, 0.2) is 18.2 Å². The molecule has 1 unspecified atom stereocenters. The summed E-state index contributed by atoms with van der Waals surface area (Å²) < 4.78 is 10.5. The van der Waals surface area contributed by atoms with Crippen molar-refractivity contribution in [2.75, 3.05) is 21.3 Å². The van der Waals surface area contributed by atoms with Crippen molar-refractivity contribution in [2.24, 2.45) is 0 Å². The van der Waals surface area contributed by atoms with E-state index < -0.39 is 0 Å². The monoisotopic (exact) mass is 233 g/mol. The van der Waals surface area contributed by atoms with E-state index >= 15 is 0 Å². The third-order valence-corrected chi connectivity index (χ3v) is 2.70. The average molecular weight is 233 g/mol. The minimum atomic E-state index is 0.290. The van der Waals surface area contributed by atoms with Gasteiger partial charge in [-0.25, -0.2) is 0 Å². The zero-order valence-electron chi connectivity index (χ0n) is 10.6. The van der Waals surface area contributed by atoms with Crippen LogP contribution in [0.3, 0.4) is 0 Å². The van der Waals surface area contributed by atoms with E-state index in [2.05, 4.69) is 11.2 Å². The van der Waals surface area contributed by atoms with Gasteiger partial charge >= 0.3 is 0 Å². The van der Waals surface area contributed by atoms with Gasteiger partial charge in [-0.05, 0) is 31.2 Å². The number of rotatable bonds is 6. The Labute approximate surface area is 103 Å². The van der Waals surface area contributed by atoms with Crippen molar-refractivity contribution in [3.63, 3.8) is 0 Å². The molecule has 0 fully saturated rings. The minimum Gasteiger partial charge on any atom is -0.493 e. The van der Waals surface area contributed by atoms with E-state index in [4.69, 9.17) is 15.9 Å². The molecule has 17 heavy (non-hydrogen) atoms. The predicted molar refractivity (Wildman–Crippen MR) is 69.5 cm³/mol. The van der Waals surface area contributed by atoms with Crippen LogP contribution >= 0.6 is 0 Å². The highest BCUT2D eigenvalue weighted by Gasteiger charge is 2.09. The van der Waals surface area contributed by atoms with E-state index in [1.165, 1.54) is 5.56 Å². The molecule has 0 saturated carbocycles. The van der Waals surface area contributed by atoms with Crippen LogP contribution in [0.25, 0.3) is 0 Å². The van der Waals surface area contributed by atoms with Crippen LogP contribution in [-0.4, -0.2) is 27.3 Å². The number of likely N-dealkylation sites (N-methyl/N-ethyl adjacent to an activating group) is 1. The van der Waals surface area contributed by atoms with Gasteiger partial charge in [0.1, 0.15) is 0 Å². The van der Waals surface area contributed by atoms with Gasteiger partial charge in [-0.1, -0.05) is 6.07 Å². The van der Waals surface area contributed by atoms with Crippen LogP contribution in [0.4, 0.5) is 0 Å². The molecule has 3 heteroatoms. The van der Waals surface area contributed by atoms with Crippen LogP contribution in [0.1, 0.15) is 12.0 Å². The summed E-state index contributed by atoms with van der Waals surface area (Å²) in [5, 5.41) is 3.20. The molecule has 0 spiro atoms. The largest absolute Gasteiger partial charge is 0.493 e. The fraction of sp³-hybridized carbons (Fsp3) is 0.429. The Kier molecular flexibility index (Phi) is 5.38. The SMILES string of the molecule is C#CCC(Cc1ccc(OC)c(OC)c1)NC. The first kappa shape index (κ1) is 13.4. The average Bonchev–Trinajstić information content (AvgIpc) is 2.38. The summed E-state index contributed by atoms with van der Waals surface area (Å²) in [7, 11) is 5.19. The lowest BCUT2D eigenvalue weighted by Crippen LogP contribution is -2.26. The van der Waals surface area contributed by atoms with Crippen molar-refractivity contribution < 1.29 is 9.47 Å². The second kappa shape index (κ2) is 6.82. The van der Waals surface area contributed by atoms with Gasteiger partial charge in [-0.3, -0.25) is 0 Å². The normalized spacial score (nSPS) is 11.6. The zero-order chi connectivity index (χ0) is 12.7. The molecule has 0 amide bonds. The molecule has 0 saturated heterocycles. The molecule has 1 atom stereocenters. The van der Waals surface area contributed by atoms with Gasteiger partial charge in [-0.15, -0.1) is 12.3 Å². The van der Waals surface area contributed by atoms with Gasteiger partial charge in [0.05, 0.1) is 14.2 Å². The third-order valence-electron chi connectivity index (χ3n) is 2.70. The van der Waals surface area contributed by atoms with Crippen molar-refractivity contribution in [1.82, 2.24) is 5.32 Å². The van der Waals surface area contributed by atoms with E-state index in [0.717, 1.165) is 17.9 Å². The molecule has 1 aromatic carbocycles. The lowest BCUT2D eigenvalue weighted by Gasteiger charge is -2.15. The number of methoxy groups -OCH3 is 2. The van der Waals surface area contributed by atoms with Gasteiger partial charge < -0.3 is 14.8 Å². The number of terminal acetylenes is 1. The molecule has 0 aliphatic heterocycles. The van der Waals surface area contributed by atoms with Crippen molar-refractivity contribution in [2.45, 2.75) is 18.9 Å². The highest BCUT2D eigenvalue weighted by molar-refractivity contribution is 5.43. The quantitative estimate of drug-likeness (QED) is 0.761. The molecule has 1 rings (SSSR count). The Bertz CT molecular complexity index is 396. The summed E-state index contributed by atoms with van der Waals surface area (Å²) in [6.45, 7) is 0. The van der Waals surface area contributed by atoms with Gasteiger partial charge in [-0.2, -0.15) is 0 Å². The maximum Gasteiger partial charge on any atom is 0.160 e. The van der Waals surface area contributed by atoms with E-state index in [-0.39, 0.29) is 6.04 Å². The molecule has 0 heterocycles. The molecule has 0 aliphatic carbocycles. The molecule has 0 bridgehead atoms. The topological polar surface area (TPSA) is 30.5 Å². The lowest BCUT2D eigenvalue weighted by molar-refractivity contribution is 0.354. The Morgan fingerprint density at radius 3 is 2.53 bits per heavy atom. The molecule has 0 aliphatic rings. The fourth-order valence-electron chi connectivity index (χ4n) is 1.71. The maximum atomic E-state index is 5.33. The second-order valence-electron chi connectivity index (χ2n) is 3.79. The second-order valence-corrected chi connectivity index (χ2v) is 3.79. The standard InChI is InChI=1S/C14H19NO2/c1-5-6-12(15-2)9-11-7-8-13(16-3)14(10-11)17-4/h1,7-8,10,12,15H,6,9H2,2-4H3. The zero-order valence-corrected chi connectivity index (χ0v) is 10.6. The number of nitrogens with one attached hydrogen (secondary N) is 1. The molecule has 3 nitrogen and oxygen atoms in total. The smallest absolute Gasteiger partial charge is 0.160 e. The Morgan fingerprint density at radius 2 is 2.00 bits per heavy atom. The molecule has 92 valence electrons. The summed E-state index contributed by atoms with van der Waals surface area (Å²) in [4.78, 5) is 0. The molecule has 0 aromatic heterocycles.